The molecule has 0 unspecified atom stereocenters. The van der Waals surface area contributed by atoms with Gasteiger partial charge in [0.15, 0.2) is 0 Å². The first-order chi connectivity index (χ1) is 9.82. The lowest BCUT2D eigenvalue weighted by Crippen LogP contribution is -2.36. The van der Waals surface area contributed by atoms with Gasteiger partial charge in [0.25, 0.3) is 0 Å². The smallest absolute Gasteiger partial charge is 0.235 e. The van der Waals surface area contributed by atoms with Crippen LogP contribution in [0.2, 0.25) is 0 Å². The lowest BCUT2D eigenvalue weighted by atomic mass is 10.2. The van der Waals surface area contributed by atoms with Crippen molar-refractivity contribution in [2.24, 2.45) is 0 Å². The Hall–Kier alpha value is -0.790. The minimum absolute atomic E-state index is 0.0623. The van der Waals surface area contributed by atoms with Crippen LogP contribution in [0.25, 0.3) is 0 Å². The second-order valence-electron chi connectivity index (χ2n) is 5.13. The normalized spacial score (nSPS) is 19.3. The molecule has 1 aliphatic heterocycles. The average Bonchev–Trinajstić information content (AvgIpc) is 2.40. The lowest BCUT2D eigenvalue weighted by Gasteiger charge is -2.22. The molecule has 0 saturated carbocycles. The number of halogens is 1. The quantitative estimate of drug-likeness (QED) is 0.820. The van der Waals surface area contributed by atoms with Crippen LogP contribution < -0.4 is 4.72 Å². The number of aryl methyl sites for hydroxylation is 1. The predicted molar refractivity (Wildman–Crippen MR) is 85.1 cm³/mol. The summed E-state index contributed by atoms with van der Waals surface area (Å²) in [6, 6.07) is 7.04. The van der Waals surface area contributed by atoms with Crippen LogP contribution in [0, 0.1) is 0 Å². The molecule has 0 aliphatic carbocycles. The summed E-state index contributed by atoms with van der Waals surface area (Å²) in [5, 5.41) is -0.649. The van der Waals surface area contributed by atoms with E-state index >= 15 is 0 Å². The number of hydrogen-bond donors (Lipinski definition) is 1. The highest BCUT2D eigenvalue weighted by atomic mass is 35.5. The van der Waals surface area contributed by atoms with Gasteiger partial charge in [-0.1, -0.05) is 12.1 Å². The van der Waals surface area contributed by atoms with Crippen LogP contribution in [-0.2, 0) is 26.3 Å². The SMILES string of the molecule is O=S1(=O)CCC(S(=O)(=O)Nc2ccc(CCCl)cc2)CC1. The van der Waals surface area contributed by atoms with Crippen molar-refractivity contribution in [3.05, 3.63) is 29.8 Å². The van der Waals surface area contributed by atoms with Gasteiger partial charge < -0.3 is 0 Å². The molecule has 8 heteroatoms. The van der Waals surface area contributed by atoms with Crippen molar-refractivity contribution in [1.29, 1.82) is 0 Å². The largest absolute Gasteiger partial charge is 0.283 e. The zero-order chi connectivity index (χ0) is 15.5. The molecule has 0 amide bonds. The molecule has 1 aromatic rings. The minimum Gasteiger partial charge on any atom is -0.283 e. The molecule has 1 saturated heterocycles. The molecule has 0 spiro atoms. The Bertz CT molecular complexity index is 669. The van der Waals surface area contributed by atoms with Crippen molar-refractivity contribution >= 4 is 37.1 Å². The lowest BCUT2D eigenvalue weighted by molar-refractivity contribution is 0.555. The summed E-state index contributed by atoms with van der Waals surface area (Å²) in [6.07, 6.45) is 1.04. The van der Waals surface area contributed by atoms with Crippen LogP contribution in [0.3, 0.4) is 0 Å². The van der Waals surface area contributed by atoms with Crippen LogP contribution in [0.5, 0.6) is 0 Å². The highest BCUT2D eigenvalue weighted by Gasteiger charge is 2.32. The van der Waals surface area contributed by atoms with Gasteiger partial charge in [0.2, 0.25) is 10.0 Å². The maximum Gasteiger partial charge on any atom is 0.235 e. The summed E-state index contributed by atoms with van der Waals surface area (Å²) in [6.45, 7) is 0. The van der Waals surface area contributed by atoms with Gasteiger partial charge in [-0.05, 0) is 37.0 Å². The van der Waals surface area contributed by atoms with Gasteiger partial charge in [0, 0.05) is 11.6 Å². The molecular weight excluding hydrogens is 334 g/mol. The molecule has 1 aromatic carbocycles. The fraction of sp³-hybridized carbons (Fsp3) is 0.538. The van der Waals surface area contributed by atoms with Gasteiger partial charge in [0.05, 0.1) is 16.8 Å². The standard InChI is InChI=1S/C13H18ClNO4S2/c14-8-5-11-1-3-12(4-2-11)15-21(18,19)13-6-9-20(16,17)10-7-13/h1-4,13,15H,5-10H2. The fourth-order valence-electron chi connectivity index (χ4n) is 2.27. The van der Waals surface area contributed by atoms with E-state index in [1.807, 2.05) is 12.1 Å². The van der Waals surface area contributed by atoms with E-state index in [1.165, 1.54) is 0 Å². The second-order valence-corrected chi connectivity index (χ2v) is 9.78. The van der Waals surface area contributed by atoms with E-state index in [0.717, 1.165) is 12.0 Å². The topological polar surface area (TPSA) is 80.3 Å². The van der Waals surface area contributed by atoms with Crippen molar-refractivity contribution in [1.82, 2.24) is 0 Å². The van der Waals surface area contributed by atoms with Crippen molar-refractivity contribution in [2.75, 3.05) is 22.1 Å². The van der Waals surface area contributed by atoms with Gasteiger partial charge in [0.1, 0.15) is 9.84 Å². The predicted octanol–water partition coefficient (Wildman–Crippen LogP) is 1.79. The van der Waals surface area contributed by atoms with E-state index in [9.17, 15) is 16.8 Å². The number of sulfonamides is 1. The van der Waals surface area contributed by atoms with Crippen molar-refractivity contribution in [3.63, 3.8) is 0 Å². The summed E-state index contributed by atoms with van der Waals surface area (Å²) < 4.78 is 49.7. The van der Waals surface area contributed by atoms with Gasteiger partial charge in [-0.15, -0.1) is 11.6 Å². The molecule has 1 heterocycles. The summed E-state index contributed by atoms with van der Waals surface area (Å²) in [7, 11) is -6.62. The van der Waals surface area contributed by atoms with E-state index in [0.29, 0.717) is 11.6 Å². The molecule has 2 rings (SSSR count). The molecule has 1 aliphatic rings. The van der Waals surface area contributed by atoms with E-state index in [1.54, 1.807) is 12.1 Å². The molecule has 0 aromatic heterocycles. The molecule has 0 radical (unpaired) electrons. The number of alkyl halides is 1. The van der Waals surface area contributed by atoms with E-state index < -0.39 is 25.1 Å². The van der Waals surface area contributed by atoms with Gasteiger partial charge in [-0.25, -0.2) is 16.8 Å². The fourth-order valence-corrected chi connectivity index (χ4v) is 5.77. The van der Waals surface area contributed by atoms with Crippen molar-refractivity contribution in [2.45, 2.75) is 24.5 Å². The molecular formula is C13H18ClNO4S2. The van der Waals surface area contributed by atoms with E-state index in [4.69, 9.17) is 11.6 Å². The first-order valence-electron chi connectivity index (χ1n) is 6.69. The molecule has 0 bridgehead atoms. The number of anilines is 1. The van der Waals surface area contributed by atoms with Crippen molar-refractivity contribution < 1.29 is 16.8 Å². The number of hydrogen-bond acceptors (Lipinski definition) is 4. The average molecular weight is 352 g/mol. The zero-order valence-electron chi connectivity index (χ0n) is 11.5. The van der Waals surface area contributed by atoms with Gasteiger partial charge >= 0.3 is 0 Å². The van der Waals surface area contributed by atoms with Crippen LogP contribution in [0.15, 0.2) is 24.3 Å². The summed E-state index contributed by atoms with van der Waals surface area (Å²) >= 11 is 5.65. The molecule has 118 valence electrons. The first-order valence-corrected chi connectivity index (χ1v) is 10.6. The summed E-state index contributed by atoms with van der Waals surface area (Å²) in [5.74, 6) is 0.391. The second kappa shape index (κ2) is 6.54. The molecule has 0 atom stereocenters. The highest BCUT2D eigenvalue weighted by molar-refractivity contribution is 7.94. The number of sulfone groups is 1. The van der Waals surface area contributed by atoms with Crippen LogP contribution in [0.4, 0.5) is 5.69 Å². The third-order valence-corrected chi connectivity index (χ3v) is 7.31. The molecule has 21 heavy (non-hydrogen) atoms. The number of nitrogens with one attached hydrogen (secondary N) is 1. The summed E-state index contributed by atoms with van der Waals surface area (Å²) in [4.78, 5) is 0. The Labute approximate surface area is 130 Å². The monoisotopic (exact) mass is 351 g/mol. The minimum atomic E-state index is -3.55. The third kappa shape index (κ3) is 4.59. The summed E-state index contributed by atoms with van der Waals surface area (Å²) in [5.41, 5.74) is 1.53. The Kier molecular flexibility index (Phi) is 5.16. The van der Waals surface area contributed by atoms with Crippen LogP contribution in [0.1, 0.15) is 18.4 Å². The van der Waals surface area contributed by atoms with Crippen molar-refractivity contribution in [3.8, 4) is 0 Å². The Balaban J connectivity index is 2.04. The Morgan fingerprint density at radius 2 is 1.71 bits per heavy atom. The number of benzene rings is 1. The highest BCUT2D eigenvalue weighted by Crippen LogP contribution is 2.22. The Morgan fingerprint density at radius 1 is 1.14 bits per heavy atom. The maximum absolute atomic E-state index is 12.2. The van der Waals surface area contributed by atoms with E-state index in [2.05, 4.69) is 4.72 Å². The first kappa shape index (κ1) is 16.6. The van der Waals surface area contributed by atoms with E-state index in [-0.39, 0.29) is 24.3 Å². The van der Waals surface area contributed by atoms with Gasteiger partial charge in [-0.3, -0.25) is 4.72 Å². The molecule has 1 N–H and O–H groups in total. The molecule has 1 fully saturated rings. The number of rotatable bonds is 5. The maximum atomic E-state index is 12.2. The van der Waals surface area contributed by atoms with Crippen LogP contribution in [-0.4, -0.2) is 39.5 Å². The van der Waals surface area contributed by atoms with Gasteiger partial charge in [-0.2, -0.15) is 0 Å². The Morgan fingerprint density at radius 3 is 2.24 bits per heavy atom. The molecule has 5 nitrogen and oxygen atoms in total. The zero-order valence-corrected chi connectivity index (χ0v) is 13.8. The third-order valence-electron chi connectivity index (χ3n) is 3.54. The van der Waals surface area contributed by atoms with Crippen LogP contribution >= 0.6 is 11.6 Å².